The molecular formula is C26H22FN3O4S. The van der Waals surface area contributed by atoms with Crippen LogP contribution < -0.4 is 21.3 Å². The largest absolute Gasteiger partial charge is 0.497 e. The summed E-state index contributed by atoms with van der Waals surface area (Å²) >= 11 is 1.40. The molecule has 2 amide bonds. The van der Waals surface area contributed by atoms with Gasteiger partial charge in [0.05, 0.1) is 12.7 Å². The molecule has 2 aromatic heterocycles. The Morgan fingerprint density at radius 2 is 1.89 bits per heavy atom. The van der Waals surface area contributed by atoms with E-state index in [9.17, 15) is 14.0 Å². The normalized spacial score (nSPS) is 13.5. The van der Waals surface area contributed by atoms with Gasteiger partial charge in [0.15, 0.2) is 0 Å². The van der Waals surface area contributed by atoms with Gasteiger partial charge in [0.25, 0.3) is 11.8 Å². The number of carbonyl (C=O) groups excluding carboxylic acids is 2. The molecule has 9 heteroatoms. The van der Waals surface area contributed by atoms with E-state index in [0.29, 0.717) is 33.0 Å². The lowest BCUT2D eigenvalue weighted by Crippen LogP contribution is -2.22. The Bertz CT molecular complexity index is 1520. The monoisotopic (exact) mass is 491 g/mol. The number of benzene rings is 2. The number of halogens is 1. The number of hydrogen-bond acceptors (Lipinski definition) is 6. The zero-order valence-electron chi connectivity index (χ0n) is 18.9. The average molecular weight is 492 g/mol. The lowest BCUT2D eigenvalue weighted by Gasteiger charge is -2.10. The van der Waals surface area contributed by atoms with E-state index in [0.717, 1.165) is 36.1 Å². The number of fused-ring (bicyclic) bond motifs is 2. The van der Waals surface area contributed by atoms with E-state index in [4.69, 9.17) is 14.9 Å². The predicted molar refractivity (Wildman–Crippen MR) is 132 cm³/mol. The second-order valence-corrected chi connectivity index (χ2v) is 9.28. The van der Waals surface area contributed by atoms with Crippen LogP contribution in [0.4, 0.5) is 15.1 Å². The Labute approximate surface area is 204 Å². The number of thiophene rings is 1. The highest BCUT2D eigenvalue weighted by atomic mass is 32.1. The molecule has 1 aliphatic rings. The van der Waals surface area contributed by atoms with Crippen molar-refractivity contribution in [3.8, 4) is 5.75 Å². The van der Waals surface area contributed by atoms with Crippen molar-refractivity contribution in [3.63, 3.8) is 0 Å². The van der Waals surface area contributed by atoms with Crippen LogP contribution in [0.1, 0.15) is 44.0 Å². The van der Waals surface area contributed by atoms with Gasteiger partial charge in [0.2, 0.25) is 5.55 Å². The number of hydrogen-bond donors (Lipinski definition) is 2. The summed E-state index contributed by atoms with van der Waals surface area (Å²) < 4.78 is 24.7. The number of anilines is 1. The fourth-order valence-electron chi connectivity index (χ4n) is 4.19. The standard InChI is InChI=1S/C26H22FN3O4S/c1-33-17-10-11-20-14(12-17)13-19(24(32)29-16-8-6-15(27)7-9-16)25(34-20)30-26-22(23(28)31)18-4-2-3-5-21(18)35-26/h6-13H,2-5H2,1H3,(H2,28,31)(H,29,32)/b30-25-. The first-order valence-corrected chi connectivity index (χ1v) is 11.9. The molecule has 2 aromatic carbocycles. The second kappa shape index (κ2) is 9.34. The quantitative estimate of drug-likeness (QED) is 0.405. The summed E-state index contributed by atoms with van der Waals surface area (Å²) in [6, 6.07) is 12.3. The summed E-state index contributed by atoms with van der Waals surface area (Å²) in [6.07, 6.45) is 3.66. The molecule has 0 saturated heterocycles. The van der Waals surface area contributed by atoms with Crippen molar-refractivity contribution in [1.82, 2.24) is 0 Å². The summed E-state index contributed by atoms with van der Waals surface area (Å²) in [6.45, 7) is 0. The van der Waals surface area contributed by atoms with Crippen LogP contribution >= 0.6 is 11.3 Å². The Balaban J connectivity index is 1.68. The maximum absolute atomic E-state index is 13.3. The number of nitrogens with zero attached hydrogens (tertiary/aromatic N) is 1. The summed E-state index contributed by atoms with van der Waals surface area (Å²) in [7, 11) is 1.55. The smallest absolute Gasteiger partial charge is 0.261 e. The molecule has 5 rings (SSSR count). The van der Waals surface area contributed by atoms with Gasteiger partial charge in [-0.15, -0.1) is 11.3 Å². The van der Waals surface area contributed by atoms with E-state index in [1.807, 2.05) is 0 Å². The molecule has 178 valence electrons. The minimum Gasteiger partial charge on any atom is -0.497 e. The fourth-order valence-corrected chi connectivity index (χ4v) is 5.45. The molecular weight excluding hydrogens is 469 g/mol. The molecule has 0 spiro atoms. The van der Waals surface area contributed by atoms with E-state index in [-0.39, 0.29) is 11.1 Å². The molecule has 35 heavy (non-hydrogen) atoms. The maximum Gasteiger partial charge on any atom is 0.261 e. The van der Waals surface area contributed by atoms with Crippen molar-refractivity contribution >= 4 is 44.8 Å². The van der Waals surface area contributed by atoms with Crippen molar-refractivity contribution < 1.29 is 23.1 Å². The third-order valence-corrected chi connectivity index (χ3v) is 7.09. The van der Waals surface area contributed by atoms with E-state index in [1.165, 1.54) is 35.6 Å². The molecule has 0 saturated carbocycles. The van der Waals surface area contributed by atoms with Crippen LogP contribution in [-0.4, -0.2) is 18.9 Å². The Kier molecular flexibility index (Phi) is 6.08. The number of rotatable bonds is 5. The second-order valence-electron chi connectivity index (χ2n) is 8.20. The topological polar surface area (TPSA) is 107 Å². The van der Waals surface area contributed by atoms with E-state index >= 15 is 0 Å². The number of primary amides is 1. The predicted octanol–water partition coefficient (Wildman–Crippen LogP) is 5.10. The zero-order chi connectivity index (χ0) is 24.5. The Morgan fingerprint density at radius 3 is 2.63 bits per heavy atom. The van der Waals surface area contributed by atoms with Crippen molar-refractivity contribution in [2.24, 2.45) is 10.7 Å². The van der Waals surface area contributed by atoms with E-state index < -0.39 is 17.6 Å². The number of carbonyl (C=O) groups is 2. The number of nitrogens with two attached hydrogens (primary N) is 1. The van der Waals surface area contributed by atoms with Crippen LogP contribution in [0.3, 0.4) is 0 Å². The fraction of sp³-hybridized carbons (Fsp3) is 0.192. The number of ether oxygens (including phenoxy) is 1. The van der Waals surface area contributed by atoms with Crippen LogP contribution in [0.15, 0.2) is 57.9 Å². The minimum atomic E-state index is -0.550. The highest BCUT2D eigenvalue weighted by molar-refractivity contribution is 7.16. The molecule has 0 atom stereocenters. The van der Waals surface area contributed by atoms with Crippen LogP contribution in [0.25, 0.3) is 11.0 Å². The van der Waals surface area contributed by atoms with Crippen molar-refractivity contribution in [2.75, 3.05) is 12.4 Å². The molecule has 3 N–H and O–H groups in total. The van der Waals surface area contributed by atoms with Crippen LogP contribution in [0.2, 0.25) is 0 Å². The van der Waals surface area contributed by atoms with Crippen LogP contribution in [0.5, 0.6) is 5.75 Å². The van der Waals surface area contributed by atoms with Gasteiger partial charge in [0.1, 0.15) is 27.7 Å². The Hall–Kier alpha value is -3.98. The van der Waals surface area contributed by atoms with Crippen molar-refractivity contribution in [3.05, 3.63) is 81.5 Å². The summed E-state index contributed by atoms with van der Waals surface area (Å²) in [5, 5.41) is 3.81. The number of nitrogens with one attached hydrogen (secondary N) is 1. The lowest BCUT2D eigenvalue weighted by molar-refractivity contribution is 0.0997. The maximum atomic E-state index is 13.3. The molecule has 7 nitrogen and oxygen atoms in total. The minimum absolute atomic E-state index is 0.0448. The van der Waals surface area contributed by atoms with Gasteiger partial charge in [0, 0.05) is 16.0 Å². The van der Waals surface area contributed by atoms with Gasteiger partial charge in [-0.1, -0.05) is 0 Å². The lowest BCUT2D eigenvalue weighted by atomic mass is 9.95. The van der Waals surface area contributed by atoms with Crippen molar-refractivity contribution in [1.29, 1.82) is 0 Å². The van der Waals surface area contributed by atoms with Gasteiger partial charge in [-0.3, -0.25) is 9.59 Å². The first kappa shape index (κ1) is 22.8. The van der Waals surface area contributed by atoms with Gasteiger partial charge < -0.3 is 20.2 Å². The number of amides is 2. The first-order valence-electron chi connectivity index (χ1n) is 11.1. The molecule has 0 bridgehead atoms. The van der Waals surface area contributed by atoms with E-state index in [1.54, 1.807) is 31.4 Å². The zero-order valence-corrected chi connectivity index (χ0v) is 19.7. The molecule has 0 radical (unpaired) electrons. The summed E-state index contributed by atoms with van der Waals surface area (Å²) in [5.74, 6) is -0.854. The number of methoxy groups -OCH3 is 1. The molecule has 0 aliphatic heterocycles. The van der Waals surface area contributed by atoms with Gasteiger partial charge >= 0.3 is 0 Å². The molecule has 0 unspecified atom stereocenters. The van der Waals surface area contributed by atoms with Crippen LogP contribution in [-0.2, 0) is 12.8 Å². The van der Waals surface area contributed by atoms with Crippen LogP contribution in [0, 0.1) is 5.82 Å². The third kappa shape index (κ3) is 4.54. The molecule has 1 aliphatic carbocycles. The average Bonchev–Trinajstić information content (AvgIpc) is 3.22. The van der Waals surface area contributed by atoms with Crippen molar-refractivity contribution in [2.45, 2.75) is 25.7 Å². The molecule has 4 aromatic rings. The molecule has 2 heterocycles. The highest BCUT2D eigenvalue weighted by Gasteiger charge is 2.24. The van der Waals surface area contributed by atoms with E-state index in [2.05, 4.69) is 10.3 Å². The molecule has 0 fully saturated rings. The Morgan fingerprint density at radius 1 is 1.11 bits per heavy atom. The number of aryl methyl sites for hydroxylation is 1. The first-order chi connectivity index (χ1) is 16.9. The van der Waals surface area contributed by atoms with Gasteiger partial charge in [-0.05, 0) is 79.8 Å². The summed E-state index contributed by atoms with van der Waals surface area (Å²) in [4.78, 5) is 31.3. The third-order valence-electron chi connectivity index (χ3n) is 5.90. The van der Waals surface area contributed by atoms with Gasteiger partial charge in [-0.2, -0.15) is 0 Å². The van der Waals surface area contributed by atoms with Gasteiger partial charge in [-0.25, -0.2) is 9.38 Å². The highest BCUT2D eigenvalue weighted by Crippen LogP contribution is 2.39. The SMILES string of the molecule is COc1ccc2o/c(=N\c3sc4c(c3C(N)=O)CCCC4)c(C(=O)Nc3ccc(F)cc3)cc2c1. The summed E-state index contributed by atoms with van der Waals surface area (Å²) in [5.41, 5.74) is 8.15.